The van der Waals surface area contributed by atoms with Crippen LogP contribution in [0.3, 0.4) is 0 Å². The second-order valence-corrected chi connectivity index (χ2v) is 8.37. The highest BCUT2D eigenvalue weighted by molar-refractivity contribution is 7.10. The van der Waals surface area contributed by atoms with Gasteiger partial charge in [-0.15, -0.1) is 11.3 Å². The van der Waals surface area contributed by atoms with Gasteiger partial charge in [0.1, 0.15) is 13.2 Å². The number of carbonyl (C=O) groups excluding carboxylic acids is 2. The number of benzene rings is 1. The Morgan fingerprint density at radius 2 is 2.00 bits per heavy atom. The minimum absolute atomic E-state index is 0.0598. The average Bonchev–Trinajstić information content (AvgIpc) is 3.26. The zero-order chi connectivity index (χ0) is 22.2. The molecule has 1 N–H and O–H groups in total. The second kappa shape index (κ2) is 11.0. The maximum atomic E-state index is 13.3. The first-order valence-corrected chi connectivity index (χ1v) is 11.6. The maximum Gasteiger partial charge on any atom is 0.317 e. The predicted octanol–water partition coefficient (Wildman–Crippen LogP) is 3.70. The molecule has 1 aromatic heterocycles. The highest BCUT2D eigenvalue weighted by atomic mass is 32.1. The lowest BCUT2D eigenvalue weighted by Gasteiger charge is -2.37. The minimum atomic E-state index is -0.204. The van der Waals surface area contributed by atoms with Gasteiger partial charge in [0, 0.05) is 24.5 Å². The molecule has 3 rings (SSSR count). The van der Waals surface area contributed by atoms with Crippen molar-refractivity contribution in [2.45, 2.75) is 32.7 Å². The summed E-state index contributed by atoms with van der Waals surface area (Å²) < 4.78 is 11.5. The van der Waals surface area contributed by atoms with Crippen LogP contribution in [0, 0.1) is 0 Å². The monoisotopic (exact) mass is 445 g/mol. The third-order valence-corrected chi connectivity index (χ3v) is 6.31. The van der Waals surface area contributed by atoms with Gasteiger partial charge in [0.25, 0.3) is 0 Å². The number of thiophene rings is 1. The van der Waals surface area contributed by atoms with Crippen LogP contribution in [0.25, 0.3) is 0 Å². The lowest BCUT2D eigenvalue weighted by molar-refractivity contribution is -0.135. The summed E-state index contributed by atoms with van der Waals surface area (Å²) in [6, 6.07) is 9.17. The average molecular weight is 446 g/mol. The van der Waals surface area contributed by atoms with Crippen molar-refractivity contribution in [3.63, 3.8) is 0 Å². The maximum absolute atomic E-state index is 13.3. The lowest BCUT2D eigenvalue weighted by Crippen LogP contribution is -2.50. The molecule has 0 aliphatic carbocycles. The zero-order valence-corrected chi connectivity index (χ0v) is 19.2. The quantitative estimate of drug-likeness (QED) is 0.639. The number of nitrogens with one attached hydrogen (secondary N) is 1. The third kappa shape index (κ3) is 5.50. The van der Waals surface area contributed by atoms with E-state index in [4.69, 9.17) is 9.47 Å². The largest absolute Gasteiger partial charge is 0.493 e. The molecule has 1 atom stereocenters. The summed E-state index contributed by atoms with van der Waals surface area (Å²) >= 11 is 1.71. The number of hydrogen-bond donors (Lipinski definition) is 1. The smallest absolute Gasteiger partial charge is 0.317 e. The summed E-state index contributed by atoms with van der Waals surface area (Å²) in [6.07, 6.45) is 1.61. The van der Waals surface area contributed by atoms with E-state index >= 15 is 0 Å². The highest BCUT2D eigenvalue weighted by Gasteiger charge is 2.33. The van der Waals surface area contributed by atoms with E-state index in [2.05, 4.69) is 16.8 Å². The van der Waals surface area contributed by atoms with Crippen LogP contribution in [-0.2, 0) is 11.2 Å². The van der Waals surface area contributed by atoms with Crippen molar-refractivity contribution in [3.05, 3.63) is 46.2 Å². The predicted molar refractivity (Wildman–Crippen MR) is 122 cm³/mol. The molecule has 0 saturated heterocycles. The van der Waals surface area contributed by atoms with Crippen molar-refractivity contribution >= 4 is 23.3 Å². The molecule has 0 spiro atoms. The summed E-state index contributed by atoms with van der Waals surface area (Å²) in [7, 11) is 1.61. The van der Waals surface area contributed by atoms with Crippen molar-refractivity contribution in [1.29, 1.82) is 0 Å². The van der Waals surface area contributed by atoms with E-state index < -0.39 is 0 Å². The molecule has 3 amide bonds. The molecular formula is C23H31N3O4S. The molecule has 1 aliphatic heterocycles. The molecular weight excluding hydrogens is 414 g/mol. The fourth-order valence-corrected chi connectivity index (χ4v) is 4.75. The zero-order valence-electron chi connectivity index (χ0n) is 18.4. The first-order valence-electron chi connectivity index (χ1n) is 10.7. The molecule has 0 fully saturated rings. The number of urea groups is 1. The number of amides is 3. The number of fused-ring (bicyclic) bond motifs is 1. The minimum Gasteiger partial charge on any atom is -0.493 e. The third-order valence-electron chi connectivity index (χ3n) is 5.32. The van der Waals surface area contributed by atoms with Crippen LogP contribution in [0.15, 0.2) is 35.7 Å². The first kappa shape index (κ1) is 22.9. The number of ether oxygens (including phenoxy) is 2. The van der Waals surface area contributed by atoms with Gasteiger partial charge in [0.15, 0.2) is 11.5 Å². The van der Waals surface area contributed by atoms with Gasteiger partial charge < -0.3 is 24.6 Å². The SMILES string of the molecule is CCCN(CC(=O)N1CCc2sccc2[C@@H]1COc1ccccc1OC)C(=O)NCC. The number of nitrogens with zero attached hydrogens (tertiary/aromatic N) is 2. The van der Waals surface area contributed by atoms with Gasteiger partial charge in [0.05, 0.1) is 13.2 Å². The van der Waals surface area contributed by atoms with Gasteiger partial charge >= 0.3 is 6.03 Å². The van der Waals surface area contributed by atoms with Crippen LogP contribution in [0.1, 0.15) is 36.8 Å². The molecule has 31 heavy (non-hydrogen) atoms. The molecule has 7 nitrogen and oxygen atoms in total. The number of methoxy groups -OCH3 is 1. The van der Waals surface area contributed by atoms with Crippen LogP contribution in [0.4, 0.5) is 4.79 Å². The van der Waals surface area contributed by atoms with Gasteiger partial charge in [-0.1, -0.05) is 19.1 Å². The number of para-hydroxylation sites is 2. The van der Waals surface area contributed by atoms with Crippen LogP contribution < -0.4 is 14.8 Å². The fraction of sp³-hybridized carbons (Fsp3) is 0.478. The summed E-state index contributed by atoms with van der Waals surface area (Å²) in [5, 5.41) is 4.86. The normalized spacial score (nSPS) is 15.2. The van der Waals surface area contributed by atoms with Crippen LogP contribution in [-0.4, -0.2) is 61.6 Å². The van der Waals surface area contributed by atoms with E-state index in [-0.39, 0.29) is 24.5 Å². The van der Waals surface area contributed by atoms with E-state index in [0.29, 0.717) is 37.7 Å². The summed E-state index contributed by atoms with van der Waals surface area (Å²) in [5.74, 6) is 1.24. The van der Waals surface area contributed by atoms with Gasteiger partial charge in [-0.05, 0) is 48.9 Å². The highest BCUT2D eigenvalue weighted by Crippen LogP contribution is 2.35. The lowest BCUT2D eigenvalue weighted by atomic mass is 10.0. The Kier molecular flexibility index (Phi) is 8.17. The Balaban J connectivity index is 1.77. The van der Waals surface area contributed by atoms with E-state index in [1.54, 1.807) is 23.3 Å². The van der Waals surface area contributed by atoms with Crippen molar-refractivity contribution in [2.75, 3.05) is 39.9 Å². The van der Waals surface area contributed by atoms with E-state index in [0.717, 1.165) is 18.4 Å². The fourth-order valence-electron chi connectivity index (χ4n) is 3.82. The Bertz CT molecular complexity index is 885. The van der Waals surface area contributed by atoms with Gasteiger partial charge in [-0.2, -0.15) is 0 Å². The molecule has 0 bridgehead atoms. The van der Waals surface area contributed by atoms with Crippen molar-refractivity contribution < 1.29 is 19.1 Å². The molecule has 168 valence electrons. The van der Waals surface area contributed by atoms with Crippen LogP contribution in [0.2, 0.25) is 0 Å². The Morgan fingerprint density at radius 1 is 1.23 bits per heavy atom. The summed E-state index contributed by atoms with van der Waals surface area (Å²) in [4.78, 5) is 30.4. The van der Waals surface area contributed by atoms with Gasteiger partial charge in [-0.25, -0.2) is 4.79 Å². The van der Waals surface area contributed by atoms with E-state index in [1.165, 1.54) is 4.88 Å². The summed E-state index contributed by atoms with van der Waals surface area (Å²) in [5.41, 5.74) is 1.12. The molecule has 0 radical (unpaired) electrons. The van der Waals surface area contributed by atoms with Gasteiger partial charge in [-0.3, -0.25) is 4.79 Å². The molecule has 2 aromatic rings. The van der Waals surface area contributed by atoms with Gasteiger partial charge in [0.2, 0.25) is 5.91 Å². The molecule has 0 saturated carbocycles. The van der Waals surface area contributed by atoms with E-state index in [9.17, 15) is 9.59 Å². The topological polar surface area (TPSA) is 71.1 Å². The molecule has 2 heterocycles. The standard InChI is InChI=1S/C23H31N3O4S/c1-4-12-25(23(28)24-5-2)15-22(27)26-13-10-21-17(11-14-31-21)18(26)16-30-20-9-7-6-8-19(20)29-3/h6-9,11,14,18H,4-5,10,12-13,15-16H2,1-3H3,(H,24,28)/t18-/m0/s1. The van der Waals surface area contributed by atoms with Crippen molar-refractivity contribution in [3.8, 4) is 11.5 Å². The molecule has 0 unspecified atom stereocenters. The Hall–Kier alpha value is -2.74. The second-order valence-electron chi connectivity index (χ2n) is 7.37. The van der Waals surface area contributed by atoms with Crippen LogP contribution >= 0.6 is 11.3 Å². The van der Waals surface area contributed by atoms with E-state index in [1.807, 2.05) is 43.0 Å². The summed E-state index contributed by atoms with van der Waals surface area (Å²) in [6.45, 7) is 5.94. The molecule has 1 aliphatic rings. The molecule has 8 heteroatoms. The van der Waals surface area contributed by atoms with Crippen molar-refractivity contribution in [2.24, 2.45) is 0 Å². The first-order chi connectivity index (χ1) is 15.1. The Morgan fingerprint density at radius 3 is 2.71 bits per heavy atom. The number of carbonyl (C=O) groups is 2. The number of rotatable bonds is 9. The Labute approximate surface area is 187 Å². The van der Waals surface area contributed by atoms with Crippen LogP contribution in [0.5, 0.6) is 11.5 Å². The number of hydrogen-bond acceptors (Lipinski definition) is 5. The van der Waals surface area contributed by atoms with Crippen molar-refractivity contribution in [1.82, 2.24) is 15.1 Å². The molecule has 1 aromatic carbocycles.